The number of methoxy groups -OCH3 is 1. The molecule has 0 radical (unpaired) electrons. The molecule has 0 atom stereocenters. The number of hydrogen-bond acceptors (Lipinski definition) is 5. The highest BCUT2D eigenvalue weighted by molar-refractivity contribution is 5.94. The Morgan fingerprint density at radius 2 is 2.00 bits per heavy atom. The Morgan fingerprint density at radius 1 is 1.35 bits per heavy atom. The second-order valence-corrected chi connectivity index (χ2v) is 4.19. The number of carboxylic acids is 1. The molecule has 2 aromatic rings. The van der Waals surface area contributed by atoms with E-state index in [4.69, 9.17) is 15.6 Å². The predicted molar refractivity (Wildman–Crippen MR) is 76.7 cm³/mol. The number of nitrogens with zero attached hydrogens (tertiary/aromatic N) is 2. The lowest BCUT2D eigenvalue weighted by Gasteiger charge is -2.19. The van der Waals surface area contributed by atoms with Gasteiger partial charge in [0.25, 0.3) is 0 Å². The summed E-state index contributed by atoms with van der Waals surface area (Å²) in [6, 6.07) is 8.80. The van der Waals surface area contributed by atoms with Crippen molar-refractivity contribution in [3.05, 3.63) is 42.1 Å². The quantitative estimate of drug-likeness (QED) is 0.887. The number of carboxylic acid groups (broad SMARTS) is 1. The third-order valence-corrected chi connectivity index (χ3v) is 2.95. The van der Waals surface area contributed by atoms with Gasteiger partial charge in [0.05, 0.1) is 24.6 Å². The molecule has 0 amide bonds. The number of aromatic nitrogens is 1. The molecule has 0 aliphatic carbocycles. The van der Waals surface area contributed by atoms with Crippen molar-refractivity contribution in [1.29, 1.82) is 0 Å². The summed E-state index contributed by atoms with van der Waals surface area (Å²) in [5.41, 5.74) is 6.63. The van der Waals surface area contributed by atoms with E-state index in [0.29, 0.717) is 5.82 Å². The van der Waals surface area contributed by atoms with E-state index in [0.717, 1.165) is 11.4 Å². The number of hydrogen-bond donors (Lipinski definition) is 2. The number of nitrogen functional groups attached to an aromatic ring is 1. The van der Waals surface area contributed by atoms with Crippen molar-refractivity contribution >= 4 is 23.2 Å². The van der Waals surface area contributed by atoms with Gasteiger partial charge in [-0.2, -0.15) is 0 Å². The summed E-state index contributed by atoms with van der Waals surface area (Å²) in [4.78, 5) is 17.0. The van der Waals surface area contributed by atoms with E-state index in [1.807, 2.05) is 24.3 Å². The molecule has 1 aromatic carbocycles. The first-order valence-corrected chi connectivity index (χ1v) is 5.89. The molecule has 0 aliphatic rings. The first-order chi connectivity index (χ1) is 9.52. The van der Waals surface area contributed by atoms with Crippen LogP contribution in [-0.4, -0.2) is 30.2 Å². The maximum absolute atomic E-state index is 11.1. The Bertz CT molecular complexity index is 626. The number of aromatic carboxylic acids is 1. The molecule has 104 valence electrons. The molecule has 0 aliphatic heterocycles. The van der Waals surface area contributed by atoms with Gasteiger partial charge in [0.15, 0.2) is 0 Å². The molecule has 0 bridgehead atoms. The Hall–Kier alpha value is -2.76. The van der Waals surface area contributed by atoms with Crippen LogP contribution in [0.4, 0.5) is 17.2 Å². The van der Waals surface area contributed by atoms with Crippen LogP contribution in [0.1, 0.15) is 10.4 Å². The van der Waals surface area contributed by atoms with Crippen LogP contribution in [0.2, 0.25) is 0 Å². The van der Waals surface area contributed by atoms with E-state index >= 15 is 0 Å². The molecule has 6 nitrogen and oxygen atoms in total. The lowest BCUT2D eigenvalue weighted by atomic mass is 10.2. The molecule has 6 heteroatoms. The van der Waals surface area contributed by atoms with Gasteiger partial charge in [-0.1, -0.05) is 0 Å². The van der Waals surface area contributed by atoms with Gasteiger partial charge in [-0.3, -0.25) is 0 Å². The Kier molecular flexibility index (Phi) is 3.74. The van der Waals surface area contributed by atoms with E-state index in [2.05, 4.69) is 4.98 Å². The summed E-state index contributed by atoms with van der Waals surface area (Å²) < 4.78 is 5.09. The van der Waals surface area contributed by atoms with E-state index in [1.54, 1.807) is 19.1 Å². The molecule has 0 spiro atoms. The zero-order chi connectivity index (χ0) is 14.7. The summed E-state index contributed by atoms with van der Waals surface area (Å²) >= 11 is 0. The van der Waals surface area contributed by atoms with Gasteiger partial charge in [-0.25, -0.2) is 9.78 Å². The normalized spacial score (nSPS) is 10.1. The molecule has 1 heterocycles. The molecule has 20 heavy (non-hydrogen) atoms. The lowest BCUT2D eigenvalue weighted by Crippen LogP contribution is -2.13. The standard InChI is InChI=1S/C14H15N3O3/c1-17(9-3-5-10(20-2)6-4-9)13-7-11(14(18)19)12(15)8-16-13/h3-8H,15H2,1-2H3,(H,18,19). The van der Waals surface area contributed by atoms with Crippen LogP contribution in [0.5, 0.6) is 5.75 Å². The van der Waals surface area contributed by atoms with Gasteiger partial charge in [0, 0.05) is 12.7 Å². The third kappa shape index (κ3) is 2.64. The van der Waals surface area contributed by atoms with Crippen LogP contribution in [0, 0.1) is 0 Å². The maximum Gasteiger partial charge on any atom is 0.337 e. The van der Waals surface area contributed by atoms with Crippen molar-refractivity contribution in [2.45, 2.75) is 0 Å². The Labute approximate surface area is 116 Å². The fourth-order valence-electron chi connectivity index (χ4n) is 1.76. The average molecular weight is 273 g/mol. The van der Waals surface area contributed by atoms with Crippen molar-refractivity contribution < 1.29 is 14.6 Å². The van der Waals surface area contributed by atoms with Gasteiger partial charge in [-0.15, -0.1) is 0 Å². The summed E-state index contributed by atoms with van der Waals surface area (Å²) in [6.45, 7) is 0. The molecule has 1 aromatic heterocycles. The highest BCUT2D eigenvalue weighted by Crippen LogP contribution is 2.26. The highest BCUT2D eigenvalue weighted by atomic mass is 16.5. The van der Waals surface area contributed by atoms with Gasteiger partial charge in [-0.05, 0) is 30.3 Å². The molecule has 0 saturated carbocycles. The van der Waals surface area contributed by atoms with Gasteiger partial charge in [0.1, 0.15) is 11.6 Å². The first kappa shape index (κ1) is 13.7. The minimum atomic E-state index is -1.07. The van der Waals surface area contributed by atoms with Crippen molar-refractivity contribution in [1.82, 2.24) is 4.98 Å². The minimum absolute atomic E-state index is 0.0374. The topological polar surface area (TPSA) is 88.7 Å². The monoisotopic (exact) mass is 273 g/mol. The van der Waals surface area contributed by atoms with E-state index < -0.39 is 5.97 Å². The fraction of sp³-hybridized carbons (Fsp3) is 0.143. The van der Waals surface area contributed by atoms with Crippen molar-refractivity contribution in [2.75, 3.05) is 24.8 Å². The molecule has 2 rings (SSSR count). The average Bonchev–Trinajstić information content (AvgIpc) is 2.47. The number of carbonyl (C=O) groups is 1. The van der Waals surface area contributed by atoms with E-state index in [1.165, 1.54) is 12.3 Å². The number of benzene rings is 1. The van der Waals surface area contributed by atoms with Crippen molar-refractivity contribution in [2.24, 2.45) is 0 Å². The number of ether oxygens (including phenoxy) is 1. The maximum atomic E-state index is 11.1. The smallest absolute Gasteiger partial charge is 0.337 e. The number of nitrogens with two attached hydrogens (primary N) is 1. The molecular weight excluding hydrogens is 258 g/mol. The van der Waals surface area contributed by atoms with E-state index in [9.17, 15) is 4.79 Å². The summed E-state index contributed by atoms with van der Waals surface area (Å²) in [5.74, 6) is 0.176. The first-order valence-electron chi connectivity index (χ1n) is 5.89. The SMILES string of the molecule is COc1ccc(N(C)c2cc(C(=O)O)c(N)cn2)cc1. The molecule has 0 unspecified atom stereocenters. The van der Waals surface area contributed by atoms with Crippen LogP contribution in [0.3, 0.4) is 0 Å². The molecular formula is C14H15N3O3. The number of pyridine rings is 1. The fourth-order valence-corrected chi connectivity index (χ4v) is 1.76. The number of rotatable bonds is 4. The summed E-state index contributed by atoms with van der Waals surface area (Å²) in [6.07, 6.45) is 1.35. The summed E-state index contributed by atoms with van der Waals surface area (Å²) in [5, 5.41) is 9.07. The van der Waals surface area contributed by atoms with Crippen molar-refractivity contribution in [3.63, 3.8) is 0 Å². The largest absolute Gasteiger partial charge is 0.497 e. The third-order valence-electron chi connectivity index (χ3n) is 2.95. The predicted octanol–water partition coefficient (Wildman–Crippen LogP) is 2.14. The molecule has 0 saturated heterocycles. The van der Waals surface area contributed by atoms with Gasteiger partial charge in [0.2, 0.25) is 0 Å². The Balaban J connectivity index is 2.34. The van der Waals surface area contributed by atoms with Crippen LogP contribution >= 0.6 is 0 Å². The summed E-state index contributed by atoms with van der Waals surface area (Å²) in [7, 11) is 3.39. The van der Waals surface area contributed by atoms with Crippen LogP contribution in [0.25, 0.3) is 0 Å². The molecule has 3 N–H and O–H groups in total. The minimum Gasteiger partial charge on any atom is -0.497 e. The molecule has 0 fully saturated rings. The second-order valence-electron chi connectivity index (χ2n) is 4.19. The van der Waals surface area contributed by atoms with Crippen LogP contribution in [-0.2, 0) is 0 Å². The zero-order valence-corrected chi connectivity index (χ0v) is 11.2. The second kappa shape index (κ2) is 5.48. The zero-order valence-electron chi connectivity index (χ0n) is 11.2. The lowest BCUT2D eigenvalue weighted by molar-refractivity contribution is 0.0698. The Morgan fingerprint density at radius 3 is 2.55 bits per heavy atom. The highest BCUT2D eigenvalue weighted by Gasteiger charge is 2.13. The number of anilines is 3. The van der Waals surface area contributed by atoms with Crippen LogP contribution < -0.4 is 15.4 Å². The van der Waals surface area contributed by atoms with Gasteiger partial charge < -0.3 is 20.5 Å². The van der Waals surface area contributed by atoms with Gasteiger partial charge >= 0.3 is 5.97 Å². The van der Waals surface area contributed by atoms with E-state index in [-0.39, 0.29) is 11.3 Å². The van der Waals surface area contributed by atoms with Crippen LogP contribution in [0.15, 0.2) is 36.5 Å². The van der Waals surface area contributed by atoms with Crippen molar-refractivity contribution in [3.8, 4) is 5.75 Å².